The second kappa shape index (κ2) is 9.15. The van der Waals surface area contributed by atoms with Crippen molar-refractivity contribution in [1.82, 2.24) is 9.66 Å². The molecule has 0 spiro atoms. The average Bonchev–Trinajstić information content (AvgIpc) is 3.26. The summed E-state index contributed by atoms with van der Waals surface area (Å²) in [6.45, 7) is 4.09. The van der Waals surface area contributed by atoms with Crippen LogP contribution in [0, 0.1) is 0 Å². The van der Waals surface area contributed by atoms with E-state index in [1.807, 2.05) is 43.3 Å². The number of fused-ring (bicyclic) bond motifs is 2. The third kappa shape index (κ3) is 4.32. The van der Waals surface area contributed by atoms with E-state index in [0.29, 0.717) is 33.1 Å². The van der Waals surface area contributed by atoms with Gasteiger partial charge in [0.2, 0.25) is 5.82 Å². The number of furan rings is 1. The molecule has 0 radical (unpaired) electrons. The third-order valence-corrected chi connectivity index (χ3v) is 5.78. The molecule has 0 aliphatic heterocycles. The molecule has 2 aromatic heterocycles. The minimum atomic E-state index is -0.289. The van der Waals surface area contributed by atoms with Crippen LogP contribution in [-0.4, -0.2) is 22.0 Å². The van der Waals surface area contributed by atoms with Gasteiger partial charge in [0, 0.05) is 10.4 Å². The Kier molecular flexibility index (Phi) is 5.90. The molecule has 170 valence electrons. The lowest BCUT2D eigenvalue weighted by Crippen LogP contribution is -2.20. The van der Waals surface area contributed by atoms with E-state index in [0.717, 1.165) is 23.1 Å². The summed E-state index contributed by atoms with van der Waals surface area (Å²) in [6.07, 6.45) is 2.63. The van der Waals surface area contributed by atoms with Gasteiger partial charge in [0.05, 0.1) is 23.2 Å². The molecule has 5 rings (SSSR count). The first-order valence-corrected chi connectivity index (χ1v) is 11.4. The van der Waals surface area contributed by atoms with Crippen molar-refractivity contribution in [3.8, 4) is 17.3 Å². The second-order valence-electron chi connectivity index (χ2n) is 8.02. The summed E-state index contributed by atoms with van der Waals surface area (Å²) in [7, 11) is 0. The van der Waals surface area contributed by atoms with Crippen molar-refractivity contribution in [3.63, 3.8) is 0 Å². The molecule has 34 heavy (non-hydrogen) atoms. The van der Waals surface area contributed by atoms with E-state index < -0.39 is 0 Å². The monoisotopic (exact) mass is 471 g/mol. The van der Waals surface area contributed by atoms with Gasteiger partial charge in [-0.15, -0.1) is 0 Å². The Morgan fingerprint density at radius 2 is 1.97 bits per heavy atom. The van der Waals surface area contributed by atoms with Gasteiger partial charge in [0.25, 0.3) is 5.56 Å². The van der Waals surface area contributed by atoms with E-state index in [1.165, 1.54) is 4.68 Å². The Hall–Kier alpha value is -3.90. The molecule has 2 heterocycles. The molecule has 5 aromatic rings. The van der Waals surface area contributed by atoms with Crippen LogP contribution in [0.3, 0.4) is 0 Å². The second-order valence-corrected chi connectivity index (χ2v) is 8.45. The van der Waals surface area contributed by atoms with Crippen LogP contribution < -0.4 is 10.3 Å². The topological polar surface area (TPSA) is 69.6 Å². The Labute approximate surface area is 201 Å². The maximum absolute atomic E-state index is 13.4. The number of nitrogens with zero attached hydrogens (tertiary/aromatic N) is 3. The molecule has 0 aliphatic rings. The maximum Gasteiger partial charge on any atom is 0.282 e. The zero-order valence-corrected chi connectivity index (χ0v) is 19.5. The molecule has 6 nitrogen and oxygen atoms in total. The van der Waals surface area contributed by atoms with Crippen molar-refractivity contribution in [2.75, 3.05) is 0 Å². The highest BCUT2D eigenvalue weighted by molar-refractivity contribution is 6.31. The van der Waals surface area contributed by atoms with Crippen LogP contribution >= 0.6 is 11.6 Å². The fourth-order valence-electron chi connectivity index (χ4n) is 3.62. The highest BCUT2D eigenvalue weighted by atomic mass is 35.5. The first-order valence-electron chi connectivity index (χ1n) is 11.0. The number of halogens is 1. The molecule has 0 aliphatic carbocycles. The van der Waals surface area contributed by atoms with Crippen LogP contribution in [0.4, 0.5) is 0 Å². The van der Waals surface area contributed by atoms with Crippen LogP contribution in [0.5, 0.6) is 5.75 Å². The molecular formula is C27H22ClN3O3. The summed E-state index contributed by atoms with van der Waals surface area (Å²) in [5.74, 6) is 1.47. The smallest absolute Gasteiger partial charge is 0.282 e. The number of aromatic nitrogens is 2. The minimum absolute atomic E-state index is 0.104. The van der Waals surface area contributed by atoms with Gasteiger partial charge in [-0.05, 0) is 67.4 Å². The first kappa shape index (κ1) is 21.9. The Morgan fingerprint density at radius 1 is 1.12 bits per heavy atom. The zero-order chi connectivity index (χ0) is 23.7. The van der Waals surface area contributed by atoms with Gasteiger partial charge >= 0.3 is 0 Å². The van der Waals surface area contributed by atoms with Crippen LogP contribution in [0.15, 0.2) is 87.1 Å². The Bertz CT molecular complexity index is 1590. The Balaban J connectivity index is 1.63. The van der Waals surface area contributed by atoms with Crippen molar-refractivity contribution in [2.24, 2.45) is 5.10 Å². The highest BCUT2D eigenvalue weighted by Crippen LogP contribution is 2.29. The molecule has 0 fully saturated rings. The third-order valence-electron chi connectivity index (χ3n) is 5.55. The van der Waals surface area contributed by atoms with Crippen molar-refractivity contribution >= 4 is 39.7 Å². The molecular weight excluding hydrogens is 450 g/mol. The summed E-state index contributed by atoms with van der Waals surface area (Å²) < 4.78 is 13.2. The SMILES string of the molecule is CC[C@H](C)Oc1cccc(C=Nn2c(-c3cc4cc(Cl)ccc4o3)nc3ccccc3c2=O)c1. The van der Waals surface area contributed by atoms with Crippen LogP contribution in [0.1, 0.15) is 25.8 Å². The molecule has 3 aromatic carbocycles. The summed E-state index contributed by atoms with van der Waals surface area (Å²) >= 11 is 6.13. The number of hydrogen-bond acceptors (Lipinski definition) is 5. The van der Waals surface area contributed by atoms with Crippen LogP contribution in [0.25, 0.3) is 33.5 Å². The van der Waals surface area contributed by atoms with Crippen molar-refractivity contribution in [2.45, 2.75) is 26.4 Å². The standard InChI is InChI=1S/C27H22ClN3O3/c1-3-17(2)33-21-8-6-7-18(13-21)16-29-31-26(30-23-10-5-4-9-22(23)27(31)32)25-15-19-14-20(28)11-12-24(19)34-25/h4-17H,3H2,1-2H3/t17-/m0/s1. The van der Waals surface area contributed by atoms with E-state index in [1.54, 1.807) is 42.6 Å². The van der Waals surface area contributed by atoms with Gasteiger partial charge in [-0.25, -0.2) is 4.98 Å². The minimum Gasteiger partial charge on any atom is -0.491 e. The molecule has 0 N–H and O–H groups in total. The normalized spacial score (nSPS) is 12.6. The average molecular weight is 472 g/mol. The van der Waals surface area contributed by atoms with Gasteiger partial charge in [-0.2, -0.15) is 9.78 Å². The quantitative estimate of drug-likeness (QED) is 0.264. The van der Waals surface area contributed by atoms with E-state index in [4.69, 9.17) is 25.7 Å². The molecule has 0 amide bonds. The fourth-order valence-corrected chi connectivity index (χ4v) is 3.80. The van der Waals surface area contributed by atoms with Gasteiger partial charge < -0.3 is 9.15 Å². The predicted octanol–water partition coefficient (Wildman–Crippen LogP) is 6.52. The zero-order valence-electron chi connectivity index (χ0n) is 18.7. The number of ether oxygens (including phenoxy) is 1. The van der Waals surface area contributed by atoms with Crippen LogP contribution in [-0.2, 0) is 0 Å². The van der Waals surface area contributed by atoms with E-state index in [2.05, 4.69) is 12.0 Å². The van der Waals surface area contributed by atoms with Crippen molar-refractivity contribution in [3.05, 3.63) is 93.7 Å². The maximum atomic E-state index is 13.4. The number of para-hydroxylation sites is 1. The van der Waals surface area contributed by atoms with Crippen LogP contribution in [0.2, 0.25) is 5.02 Å². The number of hydrogen-bond donors (Lipinski definition) is 0. The lowest BCUT2D eigenvalue weighted by molar-refractivity contribution is 0.217. The highest BCUT2D eigenvalue weighted by Gasteiger charge is 2.16. The number of rotatable bonds is 6. The summed E-state index contributed by atoms with van der Waals surface area (Å²) in [5.41, 5.74) is 1.72. The molecule has 1 atom stereocenters. The van der Waals surface area contributed by atoms with Gasteiger partial charge in [-0.1, -0.05) is 42.8 Å². The van der Waals surface area contributed by atoms with Crippen molar-refractivity contribution in [1.29, 1.82) is 0 Å². The van der Waals surface area contributed by atoms with E-state index >= 15 is 0 Å². The summed E-state index contributed by atoms with van der Waals surface area (Å²) in [4.78, 5) is 18.1. The van der Waals surface area contributed by atoms with Gasteiger partial charge in [0.15, 0.2) is 5.76 Å². The van der Waals surface area contributed by atoms with Gasteiger partial charge in [0.1, 0.15) is 11.3 Å². The largest absolute Gasteiger partial charge is 0.491 e. The lowest BCUT2D eigenvalue weighted by atomic mass is 10.2. The molecule has 0 bridgehead atoms. The lowest BCUT2D eigenvalue weighted by Gasteiger charge is -2.12. The molecule has 7 heteroatoms. The molecule has 0 saturated carbocycles. The molecule has 0 saturated heterocycles. The number of benzene rings is 3. The fraction of sp³-hybridized carbons (Fsp3) is 0.148. The van der Waals surface area contributed by atoms with Crippen molar-refractivity contribution < 1.29 is 9.15 Å². The van der Waals surface area contributed by atoms with Gasteiger partial charge in [-0.3, -0.25) is 4.79 Å². The summed E-state index contributed by atoms with van der Waals surface area (Å²) in [6, 6.07) is 21.9. The summed E-state index contributed by atoms with van der Waals surface area (Å²) in [5, 5.41) is 6.39. The molecule has 0 unspecified atom stereocenters. The predicted molar refractivity (Wildman–Crippen MR) is 136 cm³/mol. The first-order chi connectivity index (χ1) is 16.5. The Morgan fingerprint density at radius 3 is 2.82 bits per heavy atom. The van der Waals surface area contributed by atoms with E-state index in [9.17, 15) is 4.79 Å². The van der Waals surface area contributed by atoms with E-state index in [-0.39, 0.29) is 11.7 Å².